The summed E-state index contributed by atoms with van der Waals surface area (Å²) < 4.78 is 3.86. The van der Waals surface area contributed by atoms with Crippen molar-refractivity contribution in [3.05, 3.63) is 46.4 Å². The van der Waals surface area contributed by atoms with E-state index in [4.69, 9.17) is 0 Å². The van der Waals surface area contributed by atoms with Gasteiger partial charge in [0.2, 0.25) is 0 Å². The molecule has 1 saturated heterocycles. The van der Waals surface area contributed by atoms with E-state index in [1.807, 2.05) is 24.8 Å². The highest BCUT2D eigenvalue weighted by Gasteiger charge is 2.21. The van der Waals surface area contributed by atoms with Gasteiger partial charge >= 0.3 is 0 Å². The molecule has 0 aromatic carbocycles. The second-order valence-electron chi connectivity index (χ2n) is 7.43. The molecule has 1 aliphatic carbocycles. The van der Waals surface area contributed by atoms with E-state index < -0.39 is 0 Å². The molecule has 6 heteroatoms. The van der Waals surface area contributed by atoms with Crippen molar-refractivity contribution in [2.45, 2.75) is 51.6 Å². The van der Waals surface area contributed by atoms with E-state index in [1.54, 1.807) is 4.68 Å². The van der Waals surface area contributed by atoms with Crippen LogP contribution >= 0.6 is 0 Å². The molecule has 134 valence electrons. The van der Waals surface area contributed by atoms with Crippen LogP contribution in [0.25, 0.3) is 0 Å². The third-order valence-corrected chi connectivity index (χ3v) is 5.65. The first kappa shape index (κ1) is 16.5. The Morgan fingerprint density at radius 1 is 1.12 bits per heavy atom. The number of likely N-dealkylation sites (tertiary alicyclic amines) is 1. The largest absolute Gasteiger partial charge is 0.336 e. The molecule has 6 nitrogen and oxygen atoms in total. The summed E-state index contributed by atoms with van der Waals surface area (Å²) in [6.07, 6.45) is 12.5. The Morgan fingerprint density at radius 2 is 1.96 bits per heavy atom. The molecule has 4 rings (SSSR count). The minimum atomic E-state index is 0.0863. The van der Waals surface area contributed by atoms with Crippen molar-refractivity contribution in [2.24, 2.45) is 5.92 Å². The SMILES string of the molecule is O=c1cc2c(nn1CC1CCN(CCn3ccnc3)CC1)CCCC2. The predicted molar refractivity (Wildman–Crippen MR) is 96.5 cm³/mol. The highest BCUT2D eigenvalue weighted by Crippen LogP contribution is 2.20. The Hall–Kier alpha value is -1.95. The third-order valence-electron chi connectivity index (χ3n) is 5.65. The zero-order valence-electron chi connectivity index (χ0n) is 14.8. The molecule has 0 amide bonds. The first-order valence-corrected chi connectivity index (χ1v) is 9.56. The molecular formula is C19H27N5O. The highest BCUT2D eigenvalue weighted by molar-refractivity contribution is 5.20. The number of fused-ring (bicyclic) bond motifs is 1. The number of hydrogen-bond acceptors (Lipinski definition) is 4. The fourth-order valence-electron chi connectivity index (χ4n) is 4.04. The van der Waals surface area contributed by atoms with Crippen molar-refractivity contribution < 1.29 is 0 Å². The molecule has 0 unspecified atom stereocenters. The van der Waals surface area contributed by atoms with Gasteiger partial charge in [0.25, 0.3) is 5.56 Å². The summed E-state index contributed by atoms with van der Waals surface area (Å²) in [7, 11) is 0. The van der Waals surface area contributed by atoms with Crippen LogP contribution in [0.3, 0.4) is 0 Å². The quantitative estimate of drug-likeness (QED) is 0.831. The molecule has 2 aliphatic rings. The van der Waals surface area contributed by atoms with Crippen molar-refractivity contribution in [3.8, 4) is 0 Å². The normalized spacial score (nSPS) is 19.0. The topological polar surface area (TPSA) is 56.0 Å². The highest BCUT2D eigenvalue weighted by atomic mass is 16.1. The van der Waals surface area contributed by atoms with Gasteiger partial charge in [-0.15, -0.1) is 0 Å². The van der Waals surface area contributed by atoms with Crippen LogP contribution < -0.4 is 5.56 Å². The fraction of sp³-hybridized carbons (Fsp3) is 0.632. The Labute approximate surface area is 148 Å². The lowest BCUT2D eigenvalue weighted by Gasteiger charge is -2.32. The van der Waals surface area contributed by atoms with Crippen molar-refractivity contribution in [3.63, 3.8) is 0 Å². The van der Waals surface area contributed by atoms with E-state index in [9.17, 15) is 4.79 Å². The zero-order valence-corrected chi connectivity index (χ0v) is 14.8. The van der Waals surface area contributed by atoms with Crippen molar-refractivity contribution in [2.75, 3.05) is 19.6 Å². The minimum absolute atomic E-state index is 0.0863. The molecule has 2 aromatic heterocycles. The van der Waals surface area contributed by atoms with Crippen LogP contribution in [0.1, 0.15) is 36.9 Å². The molecule has 1 fully saturated rings. The van der Waals surface area contributed by atoms with Crippen LogP contribution in [0, 0.1) is 5.92 Å². The summed E-state index contributed by atoms with van der Waals surface area (Å²) in [6.45, 7) is 5.07. The number of aromatic nitrogens is 4. The molecule has 3 heterocycles. The van der Waals surface area contributed by atoms with Gasteiger partial charge in [0.15, 0.2) is 0 Å². The molecule has 0 atom stereocenters. The van der Waals surface area contributed by atoms with Crippen molar-refractivity contribution >= 4 is 0 Å². The van der Waals surface area contributed by atoms with Crippen LogP contribution in [0.4, 0.5) is 0 Å². The van der Waals surface area contributed by atoms with E-state index in [0.29, 0.717) is 5.92 Å². The molecule has 0 bridgehead atoms. The summed E-state index contributed by atoms with van der Waals surface area (Å²) in [4.78, 5) is 18.9. The summed E-state index contributed by atoms with van der Waals surface area (Å²) in [5.74, 6) is 0.566. The third kappa shape index (κ3) is 4.00. The summed E-state index contributed by atoms with van der Waals surface area (Å²) in [6, 6.07) is 1.84. The van der Waals surface area contributed by atoms with Gasteiger partial charge in [-0.2, -0.15) is 5.10 Å². The zero-order chi connectivity index (χ0) is 17.1. The van der Waals surface area contributed by atoms with E-state index in [0.717, 1.165) is 64.1 Å². The van der Waals surface area contributed by atoms with E-state index >= 15 is 0 Å². The van der Waals surface area contributed by atoms with Crippen molar-refractivity contribution in [1.82, 2.24) is 24.2 Å². The van der Waals surface area contributed by atoms with Gasteiger partial charge in [-0.25, -0.2) is 9.67 Å². The Kier molecular flexibility index (Phi) is 4.97. The van der Waals surface area contributed by atoms with Gasteiger partial charge < -0.3 is 9.47 Å². The molecule has 0 spiro atoms. The number of aryl methyl sites for hydroxylation is 2. The number of piperidine rings is 1. The maximum atomic E-state index is 12.3. The van der Waals surface area contributed by atoms with Gasteiger partial charge in [0, 0.05) is 38.1 Å². The molecular weight excluding hydrogens is 314 g/mol. The minimum Gasteiger partial charge on any atom is -0.336 e. The first-order valence-electron chi connectivity index (χ1n) is 9.56. The summed E-state index contributed by atoms with van der Waals surface area (Å²) in [5.41, 5.74) is 2.42. The van der Waals surface area contributed by atoms with Crippen LogP contribution in [-0.2, 0) is 25.9 Å². The molecule has 1 aliphatic heterocycles. The van der Waals surface area contributed by atoms with E-state index in [-0.39, 0.29) is 5.56 Å². The lowest BCUT2D eigenvalue weighted by molar-refractivity contribution is 0.165. The smallest absolute Gasteiger partial charge is 0.267 e. The van der Waals surface area contributed by atoms with Gasteiger partial charge in [0.05, 0.1) is 12.0 Å². The van der Waals surface area contributed by atoms with Crippen LogP contribution in [-0.4, -0.2) is 43.9 Å². The second-order valence-corrected chi connectivity index (χ2v) is 7.43. The Morgan fingerprint density at radius 3 is 2.76 bits per heavy atom. The van der Waals surface area contributed by atoms with E-state index in [1.165, 1.54) is 18.4 Å². The molecule has 0 saturated carbocycles. The number of imidazole rings is 1. The average Bonchev–Trinajstić information content (AvgIpc) is 3.15. The first-order chi connectivity index (χ1) is 12.3. The fourth-order valence-corrected chi connectivity index (χ4v) is 4.04. The molecule has 25 heavy (non-hydrogen) atoms. The second kappa shape index (κ2) is 7.52. The number of hydrogen-bond donors (Lipinski definition) is 0. The molecule has 0 radical (unpaired) electrons. The molecule has 2 aromatic rings. The monoisotopic (exact) mass is 341 g/mol. The number of rotatable bonds is 5. The summed E-state index contributed by atoms with van der Waals surface area (Å²) in [5, 5.41) is 4.68. The van der Waals surface area contributed by atoms with Crippen LogP contribution in [0.15, 0.2) is 29.6 Å². The maximum absolute atomic E-state index is 12.3. The predicted octanol–water partition coefficient (Wildman–Crippen LogP) is 1.73. The van der Waals surface area contributed by atoms with Crippen molar-refractivity contribution in [1.29, 1.82) is 0 Å². The Bertz CT molecular complexity index is 744. The Balaban J connectivity index is 1.30. The lowest BCUT2D eigenvalue weighted by Crippen LogP contribution is -2.38. The average molecular weight is 341 g/mol. The van der Waals surface area contributed by atoms with Gasteiger partial charge in [0.1, 0.15) is 0 Å². The van der Waals surface area contributed by atoms with Gasteiger partial charge in [-0.3, -0.25) is 4.79 Å². The van der Waals surface area contributed by atoms with Gasteiger partial charge in [-0.1, -0.05) is 0 Å². The standard InChI is InChI=1S/C19H27N5O/c25-19-13-17-3-1-2-4-18(17)21-24(19)14-16-5-8-22(9-6-16)11-12-23-10-7-20-15-23/h7,10,13,15-16H,1-6,8-9,11-12,14H2. The molecule has 0 N–H and O–H groups in total. The van der Waals surface area contributed by atoms with Crippen LogP contribution in [0.5, 0.6) is 0 Å². The maximum Gasteiger partial charge on any atom is 0.267 e. The van der Waals surface area contributed by atoms with Crippen LogP contribution in [0.2, 0.25) is 0 Å². The summed E-state index contributed by atoms with van der Waals surface area (Å²) >= 11 is 0. The lowest BCUT2D eigenvalue weighted by atomic mass is 9.96. The van der Waals surface area contributed by atoms with Gasteiger partial charge in [-0.05, 0) is 63.1 Å². The van der Waals surface area contributed by atoms with E-state index in [2.05, 4.69) is 19.5 Å². The number of nitrogens with zero attached hydrogens (tertiary/aromatic N) is 5.